The Labute approximate surface area is 111 Å². The normalized spacial score (nSPS) is 20.1. The van der Waals surface area contributed by atoms with E-state index in [-0.39, 0.29) is 17.5 Å². The van der Waals surface area contributed by atoms with Crippen molar-refractivity contribution in [3.8, 4) is 0 Å². The number of rotatable bonds is 6. The maximum atomic E-state index is 12.4. The minimum absolute atomic E-state index is 0.219. The highest BCUT2D eigenvalue weighted by molar-refractivity contribution is 5.77. The van der Waals surface area contributed by atoms with Crippen LogP contribution in [0, 0.1) is 0 Å². The molecule has 4 nitrogen and oxygen atoms in total. The second-order valence-corrected chi connectivity index (χ2v) is 6.04. The summed E-state index contributed by atoms with van der Waals surface area (Å²) in [5.74, 6) is 0.219. The minimum Gasteiger partial charge on any atom is -0.339 e. The van der Waals surface area contributed by atoms with Crippen LogP contribution in [-0.4, -0.2) is 54.5 Å². The van der Waals surface area contributed by atoms with Crippen molar-refractivity contribution >= 4 is 5.91 Å². The summed E-state index contributed by atoms with van der Waals surface area (Å²) >= 11 is 0. The zero-order valence-corrected chi connectivity index (χ0v) is 12.4. The quantitative estimate of drug-likeness (QED) is 0.781. The van der Waals surface area contributed by atoms with Crippen LogP contribution in [0.2, 0.25) is 0 Å². The van der Waals surface area contributed by atoms with Crippen molar-refractivity contribution < 1.29 is 4.79 Å². The average molecular weight is 255 g/mol. The van der Waals surface area contributed by atoms with E-state index < -0.39 is 0 Å². The fourth-order valence-corrected chi connectivity index (χ4v) is 3.02. The molecule has 1 unspecified atom stereocenters. The van der Waals surface area contributed by atoms with Crippen molar-refractivity contribution in [1.29, 1.82) is 0 Å². The molecule has 4 heteroatoms. The van der Waals surface area contributed by atoms with E-state index in [0.717, 1.165) is 25.9 Å². The number of carbonyl (C=O) groups is 1. The van der Waals surface area contributed by atoms with Crippen molar-refractivity contribution in [3.05, 3.63) is 0 Å². The van der Waals surface area contributed by atoms with Gasteiger partial charge in [-0.3, -0.25) is 4.79 Å². The molecular weight excluding hydrogens is 226 g/mol. The zero-order chi connectivity index (χ0) is 13.8. The molecule has 0 heterocycles. The van der Waals surface area contributed by atoms with Crippen LogP contribution in [0.4, 0.5) is 0 Å². The minimum atomic E-state index is -0.234. The summed E-state index contributed by atoms with van der Waals surface area (Å²) < 4.78 is 0. The van der Waals surface area contributed by atoms with Gasteiger partial charge in [-0.25, -0.2) is 0 Å². The molecule has 0 aliphatic heterocycles. The number of hydrogen-bond donors (Lipinski definition) is 1. The molecule has 1 fully saturated rings. The third kappa shape index (κ3) is 4.25. The van der Waals surface area contributed by atoms with Crippen LogP contribution < -0.4 is 5.73 Å². The summed E-state index contributed by atoms with van der Waals surface area (Å²) in [6, 6.07) is 0.252. The topological polar surface area (TPSA) is 49.6 Å². The Morgan fingerprint density at radius 3 is 2.33 bits per heavy atom. The van der Waals surface area contributed by atoms with Crippen molar-refractivity contribution in [1.82, 2.24) is 9.80 Å². The van der Waals surface area contributed by atoms with Crippen LogP contribution in [0.25, 0.3) is 0 Å². The fourth-order valence-electron chi connectivity index (χ4n) is 3.02. The Morgan fingerprint density at radius 1 is 1.33 bits per heavy atom. The molecule has 0 aromatic rings. The van der Waals surface area contributed by atoms with Gasteiger partial charge in [-0.15, -0.1) is 0 Å². The van der Waals surface area contributed by atoms with Crippen LogP contribution in [0.1, 0.15) is 46.0 Å². The summed E-state index contributed by atoms with van der Waals surface area (Å²) in [6.45, 7) is 5.82. The van der Waals surface area contributed by atoms with Crippen molar-refractivity contribution in [2.75, 3.05) is 27.2 Å². The van der Waals surface area contributed by atoms with Gasteiger partial charge in [0.25, 0.3) is 0 Å². The lowest BCUT2D eigenvalue weighted by atomic mass is 9.93. The molecule has 1 amide bonds. The summed E-state index contributed by atoms with van der Waals surface area (Å²) in [5.41, 5.74) is 6.06. The van der Waals surface area contributed by atoms with Gasteiger partial charge in [0.1, 0.15) is 0 Å². The van der Waals surface area contributed by atoms with Crippen LogP contribution in [0.5, 0.6) is 0 Å². The number of nitrogens with zero attached hydrogens (tertiary/aromatic N) is 2. The molecule has 2 N–H and O–H groups in total. The zero-order valence-electron chi connectivity index (χ0n) is 12.4. The van der Waals surface area contributed by atoms with Crippen LogP contribution in [0.3, 0.4) is 0 Å². The third-order valence-corrected chi connectivity index (χ3v) is 3.93. The standard InChI is InChI=1S/C14H29N3O/c1-5-17(12(2)11-16(3)4)13(18)10-14(15)8-6-7-9-14/h12H,5-11,15H2,1-4H3. The predicted octanol–water partition coefficient (Wildman–Crippen LogP) is 1.45. The first-order valence-electron chi connectivity index (χ1n) is 7.11. The van der Waals surface area contributed by atoms with Crippen LogP contribution in [0.15, 0.2) is 0 Å². The summed E-state index contributed by atoms with van der Waals surface area (Å²) in [6.07, 6.45) is 4.85. The van der Waals surface area contributed by atoms with E-state index in [0.29, 0.717) is 6.42 Å². The lowest BCUT2D eigenvalue weighted by Crippen LogP contribution is -2.48. The molecule has 1 atom stereocenters. The second kappa shape index (κ2) is 6.53. The second-order valence-electron chi connectivity index (χ2n) is 6.04. The Bertz CT molecular complexity index is 272. The van der Waals surface area contributed by atoms with Gasteiger partial charge in [0.2, 0.25) is 5.91 Å². The van der Waals surface area contributed by atoms with Gasteiger partial charge in [0.15, 0.2) is 0 Å². The van der Waals surface area contributed by atoms with Crippen LogP contribution >= 0.6 is 0 Å². The highest BCUT2D eigenvalue weighted by atomic mass is 16.2. The van der Waals surface area contributed by atoms with E-state index in [2.05, 4.69) is 11.8 Å². The van der Waals surface area contributed by atoms with Gasteiger partial charge in [-0.2, -0.15) is 0 Å². The van der Waals surface area contributed by atoms with Gasteiger partial charge in [0.05, 0.1) is 0 Å². The van der Waals surface area contributed by atoms with E-state index in [4.69, 9.17) is 5.73 Å². The SMILES string of the molecule is CCN(C(=O)CC1(N)CCCC1)C(C)CN(C)C. The van der Waals surface area contributed by atoms with E-state index in [1.54, 1.807) is 0 Å². The Balaban J connectivity index is 2.56. The van der Waals surface area contributed by atoms with E-state index in [1.165, 1.54) is 12.8 Å². The Morgan fingerprint density at radius 2 is 1.89 bits per heavy atom. The van der Waals surface area contributed by atoms with Crippen molar-refractivity contribution in [2.45, 2.75) is 57.5 Å². The highest BCUT2D eigenvalue weighted by Crippen LogP contribution is 2.30. The first kappa shape index (κ1) is 15.4. The Hall–Kier alpha value is -0.610. The van der Waals surface area contributed by atoms with Gasteiger partial charge in [-0.1, -0.05) is 12.8 Å². The third-order valence-electron chi connectivity index (χ3n) is 3.93. The molecule has 0 aromatic carbocycles. The van der Waals surface area contributed by atoms with Gasteiger partial charge in [0, 0.05) is 31.1 Å². The monoisotopic (exact) mass is 255 g/mol. The predicted molar refractivity (Wildman–Crippen MR) is 75.4 cm³/mol. The molecular formula is C14H29N3O. The molecule has 1 saturated carbocycles. The number of likely N-dealkylation sites (N-methyl/N-ethyl adjacent to an activating group) is 2. The lowest BCUT2D eigenvalue weighted by Gasteiger charge is -2.33. The first-order chi connectivity index (χ1) is 8.38. The first-order valence-corrected chi connectivity index (χ1v) is 7.11. The van der Waals surface area contributed by atoms with E-state index >= 15 is 0 Å². The number of hydrogen-bond acceptors (Lipinski definition) is 3. The number of amides is 1. The van der Waals surface area contributed by atoms with E-state index in [9.17, 15) is 4.79 Å². The maximum absolute atomic E-state index is 12.4. The molecule has 0 aromatic heterocycles. The molecule has 0 spiro atoms. The summed E-state index contributed by atoms with van der Waals surface area (Å²) in [7, 11) is 4.08. The van der Waals surface area contributed by atoms with Gasteiger partial charge >= 0.3 is 0 Å². The lowest BCUT2D eigenvalue weighted by molar-refractivity contribution is -0.134. The Kier molecular flexibility index (Phi) is 5.60. The molecule has 1 rings (SSSR count). The average Bonchev–Trinajstić information content (AvgIpc) is 2.64. The highest BCUT2D eigenvalue weighted by Gasteiger charge is 2.33. The van der Waals surface area contributed by atoms with Crippen molar-refractivity contribution in [2.24, 2.45) is 5.73 Å². The molecule has 0 bridgehead atoms. The van der Waals surface area contributed by atoms with Crippen LogP contribution in [-0.2, 0) is 4.79 Å². The van der Waals surface area contributed by atoms with Crippen molar-refractivity contribution in [3.63, 3.8) is 0 Å². The molecule has 1 aliphatic carbocycles. The number of nitrogens with two attached hydrogens (primary N) is 1. The number of carbonyl (C=O) groups excluding carboxylic acids is 1. The molecule has 0 saturated heterocycles. The molecule has 106 valence electrons. The van der Waals surface area contributed by atoms with E-state index in [1.807, 2.05) is 25.9 Å². The largest absolute Gasteiger partial charge is 0.339 e. The van der Waals surface area contributed by atoms with Gasteiger partial charge < -0.3 is 15.5 Å². The molecule has 0 radical (unpaired) electrons. The summed E-state index contributed by atoms with van der Waals surface area (Å²) in [4.78, 5) is 16.5. The smallest absolute Gasteiger partial charge is 0.224 e. The molecule has 18 heavy (non-hydrogen) atoms. The summed E-state index contributed by atoms with van der Waals surface area (Å²) in [5, 5.41) is 0. The van der Waals surface area contributed by atoms with Gasteiger partial charge in [-0.05, 0) is 40.8 Å². The molecule has 1 aliphatic rings. The maximum Gasteiger partial charge on any atom is 0.224 e. The fraction of sp³-hybridized carbons (Fsp3) is 0.929.